The molecule has 2 aromatic heterocycles. The third-order valence-electron chi connectivity index (χ3n) is 6.08. The first-order valence-corrected chi connectivity index (χ1v) is 14.3. The van der Waals surface area contributed by atoms with Gasteiger partial charge in [0.05, 0.1) is 11.3 Å². The van der Waals surface area contributed by atoms with Gasteiger partial charge in [-0.2, -0.15) is 0 Å². The van der Waals surface area contributed by atoms with Crippen LogP contribution in [0.1, 0.15) is 38.2 Å². The van der Waals surface area contributed by atoms with Gasteiger partial charge in [-0.1, -0.05) is 66.4 Å². The van der Waals surface area contributed by atoms with Crippen molar-refractivity contribution in [2.75, 3.05) is 19.0 Å². The van der Waals surface area contributed by atoms with Crippen molar-refractivity contribution >= 4 is 49.2 Å². The van der Waals surface area contributed by atoms with Crippen LogP contribution in [0, 0.1) is 0 Å². The fraction of sp³-hybridized carbons (Fsp3) is 0.345. The Morgan fingerprint density at radius 2 is 1.81 bits per heavy atom. The van der Waals surface area contributed by atoms with Crippen molar-refractivity contribution in [1.29, 1.82) is 0 Å². The molecule has 8 heteroatoms. The number of hydrogen-bond donors (Lipinski definition) is 0. The number of hydrogen-bond acceptors (Lipinski definition) is 7. The smallest absolute Gasteiger partial charge is 0.272 e. The van der Waals surface area contributed by atoms with Crippen LogP contribution in [-0.2, 0) is 20.8 Å². The van der Waals surface area contributed by atoms with Crippen LogP contribution in [0.4, 0.5) is 0 Å². The molecular weight excluding hydrogens is 504 g/mol. The maximum absolute atomic E-state index is 13.7. The Bertz CT molecular complexity index is 1410. The van der Waals surface area contributed by atoms with E-state index in [1.54, 1.807) is 10.6 Å². The van der Waals surface area contributed by atoms with Crippen LogP contribution < -0.4 is 5.56 Å². The highest BCUT2D eigenvalue weighted by Crippen LogP contribution is 2.32. The standard InChI is InChI=1S/C29H32N2O4S2/c1-4-12-21(20-13-8-7-9-14-20)23(32)19-36-29-30-26-22-15-10-11-16-24(22)37-27(26)28(33)31(29)18-17-25(34-5-2)35-6-3/h4,7-11,13-16,21,25H,1,5-6,12,17-19H2,2-3H3/t21-/m0/s1. The predicted molar refractivity (Wildman–Crippen MR) is 153 cm³/mol. The van der Waals surface area contributed by atoms with Crippen LogP contribution in [-0.4, -0.2) is 40.6 Å². The van der Waals surface area contributed by atoms with E-state index in [-0.39, 0.29) is 23.0 Å². The molecule has 0 aliphatic heterocycles. The highest BCUT2D eigenvalue weighted by Gasteiger charge is 2.22. The number of carbonyl (C=O) groups excluding carboxylic acids is 1. The summed E-state index contributed by atoms with van der Waals surface area (Å²) in [5.74, 6) is -0.000582. The molecule has 0 aliphatic carbocycles. The minimum Gasteiger partial charge on any atom is -0.353 e. The van der Waals surface area contributed by atoms with Crippen LogP contribution in [0.2, 0.25) is 0 Å². The molecule has 6 nitrogen and oxygen atoms in total. The Kier molecular flexibility index (Phi) is 9.68. The molecule has 194 valence electrons. The first-order chi connectivity index (χ1) is 18.1. The number of fused-ring (bicyclic) bond motifs is 3. The van der Waals surface area contributed by atoms with Crippen molar-refractivity contribution in [3.63, 3.8) is 0 Å². The summed E-state index contributed by atoms with van der Waals surface area (Å²) in [6.07, 6.45) is 2.43. The number of ether oxygens (including phenoxy) is 2. The van der Waals surface area contributed by atoms with Crippen LogP contribution in [0.15, 0.2) is 77.2 Å². The van der Waals surface area contributed by atoms with E-state index in [0.29, 0.717) is 48.0 Å². The second-order valence-electron chi connectivity index (χ2n) is 8.50. The fourth-order valence-corrected chi connectivity index (χ4v) is 6.37. The molecule has 0 amide bonds. The van der Waals surface area contributed by atoms with E-state index < -0.39 is 6.29 Å². The molecule has 4 rings (SSSR count). The number of aromatic nitrogens is 2. The van der Waals surface area contributed by atoms with Gasteiger partial charge in [0.2, 0.25) is 0 Å². The van der Waals surface area contributed by atoms with Gasteiger partial charge in [0.1, 0.15) is 4.70 Å². The van der Waals surface area contributed by atoms with E-state index >= 15 is 0 Å². The summed E-state index contributed by atoms with van der Waals surface area (Å²) in [5.41, 5.74) is 1.56. The first kappa shape index (κ1) is 27.3. The second kappa shape index (κ2) is 13.1. The maximum Gasteiger partial charge on any atom is 0.272 e. The Morgan fingerprint density at radius 3 is 2.51 bits per heavy atom. The molecular formula is C29H32N2O4S2. The zero-order chi connectivity index (χ0) is 26.2. The first-order valence-electron chi connectivity index (χ1n) is 12.5. The van der Waals surface area contributed by atoms with Crippen molar-refractivity contribution < 1.29 is 14.3 Å². The fourth-order valence-electron chi connectivity index (χ4n) is 4.32. The van der Waals surface area contributed by atoms with Crippen molar-refractivity contribution in [1.82, 2.24) is 9.55 Å². The molecule has 0 saturated heterocycles. The monoisotopic (exact) mass is 536 g/mol. The van der Waals surface area contributed by atoms with Gasteiger partial charge in [0.15, 0.2) is 17.2 Å². The molecule has 2 aromatic carbocycles. The summed E-state index contributed by atoms with van der Waals surface area (Å²) in [4.78, 5) is 32.0. The van der Waals surface area contributed by atoms with Gasteiger partial charge < -0.3 is 9.47 Å². The van der Waals surface area contributed by atoms with E-state index in [4.69, 9.17) is 14.5 Å². The summed E-state index contributed by atoms with van der Waals surface area (Å²) >= 11 is 2.77. The number of thioether (sulfide) groups is 1. The predicted octanol–water partition coefficient (Wildman–Crippen LogP) is 6.42. The average molecular weight is 537 g/mol. The lowest BCUT2D eigenvalue weighted by atomic mass is 9.92. The molecule has 0 unspecified atom stereocenters. The lowest BCUT2D eigenvalue weighted by Gasteiger charge is -2.19. The number of Topliss-reactive ketones (excluding diaryl/α,β-unsaturated/α-hetero) is 1. The molecule has 4 aromatic rings. The van der Waals surface area contributed by atoms with Gasteiger partial charge in [-0.15, -0.1) is 17.9 Å². The van der Waals surface area contributed by atoms with E-state index in [0.717, 1.165) is 15.6 Å². The summed E-state index contributed by atoms with van der Waals surface area (Å²) in [5, 5.41) is 1.49. The molecule has 37 heavy (non-hydrogen) atoms. The van der Waals surface area contributed by atoms with Gasteiger partial charge >= 0.3 is 0 Å². The summed E-state index contributed by atoms with van der Waals surface area (Å²) in [6, 6.07) is 17.7. The Hall–Kier alpha value is -2.78. The Balaban J connectivity index is 1.67. The summed E-state index contributed by atoms with van der Waals surface area (Å²) in [6.45, 7) is 9.10. The number of benzene rings is 2. The minimum atomic E-state index is -0.408. The molecule has 0 bridgehead atoms. The van der Waals surface area contributed by atoms with Crippen LogP contribution in [0.5, 0.6) is 0 Å². The molecule has 0 radical (unpaired) electrons. The molecule has 0 spiro atoms. The maximum atomic E-state index is 13.7. The average Bonchev–Trinajstić information content (AvgIpc) is 3.29. The van der Waals surface area contributed by atoms with E-state index in [1.165, 1.54) is 23.1 Å². The van der Waals surface area contributed by atoms with Gasteiger partial charge in [-0.05, 0) is 31.9 Å². The van der Waals surface area contributed by atoms with Gasteiger partial charge in [0, 0.05) is 42.2 Å². The molecule has 0 saturated carbocycles. The topological polar surface area (TPSA) is 70.4 Å². The Morgan fingerprint density at radius 1 is 1.11 bits per heavy atom. The van der Waals surface area contributed by atoms with Crippen LogP contribution >= 0.6 is 23.1 Å². The van der Waals surface area contributed by atoms with Gasteiger partial charge in [0.25, 0.3) is 5.56 Å². The molecule has 2 heterocycles. The minimum absolute atomic E-state index is 0.0775. The lowest BCUT2D eigenvalue weighted by molar-refractivity contribution is -0.141. The highest BCUT2D eigenvalue weighted by molar-refractivity contribution is 7.99. The van der Waals surface area contributed by atoms with Crippen molar-refractivity contribution in [2.24, 2.45) is 0 Å². The number of rotatable bonds is 14. The Labute approximate surface area is 225 Å². The molecule has 0 aliphatic rings. The number of allylic oxidation sites excluding steroid dienone is 1. The summed E-state index contributed by atoms with van der Waals surface area (Å²) < 4.78 is 14.7. The number of thiophene rings is 1. The van der Waals surface area contributed by atoms with Crippen LogP contribution in [0.3, 0.4) is 0 Å². The second-order valence-corrected chi connectivity index (χ2v) is 10.5. The van der Waals surface area contributed by atoms with Gasteiger partial charge in [-0.25, -0.2) is 4.98 Å². The van der Waals surface area contributed by atoms with Crippen molar-refractivity contribution in [3.8, 4) is 0 Å². The third-order valence-corrected chi connectivity index (χ3v) is 8.22. The lowest BCUT2D eigenvalue weighted by Crippen LogP contribution is -2.27. The quantitative estimate of drug-likeness (QED) is 0.0801. The van der Waals surface area contributed by atoms with E-state index in [2.05, 4.69) is 6.58 Å². The van der Waals surface area contributed by atoms with Crippen LogP contribution in [0.25, 0.3) is 20.3 Å². The highest BCUT2D eigenvalue weighted by atomic mass is 32.2. The summed E-state index contributed by atoms with van der Waals surface area (Å²) in [7, 11) is 0. The number of ketones is 1. The number of carbonyl (C=O) groups is 1. The zero-order valence-corrected chi connectivity index (χ0v) is 22.9. The SMILES string of the molecule is C=CC[C@H](C(=O)CSc1nc2c(sc3ccccc32)c(=O)n1CCC(OCC)OCC)c1ccccc1. The van der Waals surface area contributed by atoms with E-state index in [1.807, 2.05) is 68.4 Å². The number of nitrogens with zero attached hydrogens (tertiary/aromatic N) is 2. The van der Waals surface area contributed by atoms with Crippen molar-refractivity contribution in [3.05, 3.63) is 83.2 Å². The van der Waals surface area contributed by atoms with Crippen molar-refractivity contribution in [2.45, 2.75) is 50.6 Å². The molecule has 1 atom stereocenters. The zero-order valence-electron chi connectivity index (χ0n) is 21.2. The van der Waals surface area contributed by atoms with E-state index in [9.17, 15) is 9.59 Å². The third kappa shape index (κ3) is 6.38. The normalized spacial score (nSPS) is 12.4. The molecule has 0 fully saturated rings. The van der Waals surface area contributed by atoms with Gasteiger partial charge in [-0.3, -0.25) is 14.2 Å². The largest absolute Gasteiger partial charge is 0.353 e. The molecule has 0 N–H and O–H groups in total.